The molecule has 32 heavy (non-hydrogen) atoms. The van der Waals surface area contributed by atoms with Crippen molar-refractivity contribution in [2.24, 2.45) is 0 Å². The highest BCUT2D eigenvalue weighted by Gasteiger charge is 2.42. The molecule has 0 radical (unpaired) electrons. The Bertz CT molecular complexity index is 892. The summed E-state index contributed by atoms with van der Waals surface area (Å²) in [5.74, 6) is -3.87. The van der Waals surface area contributed by atoms with Crippen LogP contribution in [0.15, 0.2) is 36.4 Å². The number of hydrogen-bond acceptors (Lipinski definition) is 6. The molecule has 1 aliphatic heterocycles. The zero-order valence-corrected chi connectivity index (χ0v) is 18.2. The second-order valence-corrected chi connectivity index (χ2v) is 8.41. The van der Waals surface area contributed by atoms with E-state index in [0.717, 1.165) is 17.9 Å². The van der Waals surface area contributed by atoms with E-state index in [1.807, 2.05) is 48.2 Å². The summed E-state index contributed by atoms with van der Waals surface area (Å²) in [7, 11) is 3.94. The smallest absolute Gasteiger partial charge is 0.194 e. The van der Waals surface area contributed by atoms with Gasteiger partial charge in [-0.1, -0.05) is 12.1 Å². The molecule has 0 bridgehead atoms. The Hall–Kier alpha value is -2.33. The van der Waals surface area contributed by atoms with Crippen LogP contribution in [0.2, 0.25) is 0 Å². The highest BCUT2D eigenvalue weighted by molar-refractivity contribution is 5.29. The molecule has 0 spiro atoms. The minimum absolute atomic E-state index is 0.0893. The number of hydrogen-bond donors (Lipinski definition) is 2. The van der Waals surface area contributed by atoms with E-state index >= 15 is 0 Å². The summed E-state index contributed by atoms with van der Waals surface area (Å²) >= 11 is 0. The van der Waals surface area contributed by atoms with Gasteiger partial charge in [-0.15, -0.1) is 0 Å². The number of halogens is 3. The van der Waals surface area contributed by atoms with Crippen molar-refractivity contribution < 1.29 is 32.9 Å². The van der Waals surface area contributed by atoms with Crippen molar-refractivity contribution in [2.45, 2.75) is 24.7 Å². The zero-order valence-electron chi connectivity index (χ0n) is 18.2. The third-order valence-corrected chi connectivity index (χ3v) is 5.39. The van der Waals surface area contributed by atoms with Crippen LogP contribution in [0.25, 0.3) is 0 Å². The standard InChI is InChI=1S/C23H29F3N2O4/c1-27(2)8-9-31-17-5-3-4-16(10-17)13-28-7-6-21(29)23(30,14-28)15-32-18-11-19(24)22(26)20(25)12-18/h3-5,10-12,21,29-30H,6-9,13-15H2,1-2H3/t21-,23-/m0/s1. The Morgan fingerprint density at radius 1 is 1.09 bits per heavy atom. The Morgan fingerprint density at radius 3 is 2.50 bits per heavy atom. The van der Waals surface area contributed by atoms with E-state index < -0.39 is 35.8 Å². The summed E-state index contributed by atoms with van der Waals surface area (Å²) in [6.07, 6.45) is -0.778. The summed E-state index contributed by atoms with van der Waals surface area (Å²) in [6, 6.07) is 9.06. The Balaban J connectivity index is 1.61. The maximum absolute atomic E-state index is 13.4. The molecule has 0 aliphatic carbocycles. The molecule has 9 heteroatoms. The summed E-state index contributed by atoms with van der Waals surface area (Å²) in [6.45, 7) is 2.11. The van der Waals surface area contributed by atoms with Gasteiger partial charge in [-0.3, -0.25) is 4.90 Å². The van der Waals surface area contributed by atoms with Crippen LogP contribution in [-0.4, -0.2) is 78.7 Å². The van der Waals surface area contributed by atoms with Gasteiger partial charge in [0.15, 0.2) is 17.5 Å². The molecule has 1 aliphatic rings. The number of benzene rings is 2. The van der Waals surface area contributed by atoms with Gasteiger partial charge in [0, 0.05) is 38.3 Å². The molecule has 1 saturated heterocycles. The number of piperidine rings is 1. The first kappa shape index (κ1) is 24.3. The summed E-state index contributed by atoms with van der Waals surface area (Å²) in [5.41, 5.74) is -0.672. The van der Waals surface area contributed by atoms with E-state index in [1.54, 1.807) is 0 Å². The first-order chi connectivity index (χ1) is 15.2. The number of nitrogens with zero attached hydrogens (tertiary/aromatic N) is 2. The van der Waals surface area contributed by atoms with Crippen molar-refractivity contribution in [3.05, 3.63) is 59.4 Å². The molecule has 0 amide bonds. The third-order valence-electron chi connectivity index (χ3n) is 5.39. The van der Waals surface area contributed by atoms with E-state index in [0.29, 0.717) is 38.2 Å². The van der Waals surface area contributed by atoms with Crippen molar-refractivity contribution in [1.29, 1.82) is 0 Å². The second-order valence-electron chi connectivity index (χ2n) is 8.41. The SMILES string of the molecule is CN(C)CCOc1cccc(CN2CC[C@H](O)[C@@](O)(COc3cc(F)c(F)c(F)c3)C2)c1. The highest BCUT2D eigenvalue weighted by atomic mass is 19.2. The quantitative estimate of drug-likeness (QED) is 0.568. The van der Waals surface area contributed by atoms with Crippen molar-refractivity contribution in [2.75, 3.05) is 46.9 Å². The van der Waals surface area contributed by atoms with Crippen LogP contribution < -0.4 is 9.47 Å². The molecule has 2 aromatic rings. The van der Waals surface area contributed by atoms with Crippen LogP contribution in [0.4, 0.5) is 13.2 Å². The molecule has 2 aromatic carbocycles. The first-order valence-corrected chi connectivity index (χ1v) is 10.4. The number of rotatable bonds is 9. The van der Waals surface area contributed by atoms with Gasteiger partial charge in [-0.05, 0) is 38.2 Å². The normalized spacial score (nSPS) is 21.7. The van der Waals surface area contributed by atoms with Crippen LogP contribution in [-0.2, 0) is 6.54 Å². The molecule has 1 fully saturated rings. The monoisotopic (exact) mass is 454 g/mol. The fraction of sp³-hybridized carbons (Fsp3) is 0.478. The largest absolute Gasteiger partial charge is 0.492 e. The van der Waals surface area contributed by atoms with E-state index in [1.165, 1.54) is 0 Å². The fourth-order valence-electron chi connectivity index (χ4n) is 3.58. The molecular weight excluding hydrogens is 425 g/mol. The number of likely N-dealkylation sites (N-methyl/N-ethyl adjacent to an activating group) is 1. The van der Waals surface area contributed by atoms with Gasteiger partial charge in [0.05, 0.1) is 6.10 Å². The third kappa shape index (κ3) is 6.35. The average Bonchev–Trinajstić information content (AvgIpc) is 2.73. The first-order valence-electron chi connectivity index (χ1n) is 10.4. The molecule has 2 N–H and O–H groups in total. The lowest BCUT2D eigenvalue weighted by Gasteiger charge is -2.42. The Labute approximate surface area is 185 Å². The minimum Gasteiger partial charge on any atom is -0.492 e. The summed E-state index contributed by atoms with van der Waals surface area (Å²) < 4.78 is 51.0. The van der Waals surface area contributed by atoms with Crippen LogP contribution in [0.3, 0.4) is 0 Å². The number of aliphatic hydroxyl groups excluding tert-OH is 1. The van der Waals surface area contributed by atoms with E-state index in [2.05, 4.69) is 0 Å². The molecule has 0 saturated carbocycles. The Kier molecular flexibility index (Phi) is 8.00. The molecule has 1 heterocycles. The van der Waals surface area contributed by atoms with E-state index in [9.17, 15) is 23.4 Å². The van der Waals surface area contributed by atoms with E-state index in [-0.39, 0.29) is 12.3 Å². The molecule has 3 rings (SSSR count). The van der Waals surface area contributed by atoms with Crippen molar-refractivity contribution in [3.8, 4) is 11.5 Å². The number of aliphatic hydroxyl groups is 2. The van der Waals surface area contributed by atoms with Crippen LogP contribution >= 0.6 is 0 Å². The van der Waals surface area contributed by atoms with Crippen LogP contribution in [0.1, 0.15) is 12.0 Å². The molecular formula is C23H29F3N2O4. The lowest BCUT2D eigenvalue weighted by molar-refractivity contribution is -0.140. The number of β-amino-alcohol motifs (C(OH)–C–C–N with tert-alkyl or cyclic N) is 1. The number of likely N-dealkylation sites (tertiary alicyclic amines) is 1. The summed E-state index contributed by atoms with van der Waals surface area (Å²) in [4.78, 5) is 3.99. The molecule has 176 valence electrons. The van der Waals surface area contributed by atoms with Crippen molar-refractivity contribution in [3.63, 3.8) is 0 Å². The lowest BCUT2D eigenvalue weighted by atomic mass is 9.90. The van der Waals surface area contributed by atoms with Crippen LogP contribution in [0.5, 0.6) is 11.5 Å². The van der Waals surface area contributed by atoms with Gasteiger partial charge in [0.1, 0.15) is 30.3 Å². The van der Waals surface area contributed by atoms with Gasteiger partial charge in [-0.2, -0.15) is 0 Å². The zero-order chi connectivity index (χ0) is 23.3. The minimum atomic E-state index is -1.65. The predicted molar refractivity (Wildman–Crippen MR) is 113 cm³/mol. The van der Waals surface area contributed by atoms with Gasteiger partial charge < -0.3 is 24.6 Å². The summed E-state index contributed by atoms with van der Waals surface area (Å²) in [5, 5.41) is 21.3. The Morgan fingerprint density at radius 2 is 1.81 bits per heavy atom. The van der Waals surface area contributed by atoms with Gasteiger partial charge in [-0.25, -0.2) is 13.2 Å². The highest BCUT2D eigenvalue weighted by Crippen LogP contribution is 2.27. The molecule has 6 nitrogen and oxygen atoms in total. The van der Waals surface area contributed by atoms with Crippen LogP contribution in [0, 0.1) is 17.5 Å². The molecule has 2 atom stereocenters. The topological polar surface area (TPSA) is 65.4 Å². The second kappa shape index (κ2) is 10.5. The van der Waals surface area contributed by atoms with E-state index in [4.69, 9.17) is 9.47 Å². The maximum Gasteiger partial charge on any atom is 0.194 e. The fourth-order valence-corrected chi connectivity index (χ4v) is 3.58. The molecule has 0 unspecified atom stereocenters. The van der Waals surface area contributed by atoms with Crippen molar-refractivity contribution in [1.82, 2.24) is 9.80 Å². The maximum atomic E-state index is 13.4. The molecule has 0 aromatic heterocycles. The lowest BCUT2D eigenvalue weighted by Crippen LogP contribution is -2.59. The predicted octanol–water partition coefficient (Wildman–Crippen LogP) is 2.42. The van der Waals surface area contributed by atoms with Gasteiger partial charge in [0.25, 0.3) is 0 Å². The van der Waals surface area contributed by atoms with Gasteiger partial charge in [0.2, 0.25) is 0 Å². The number of ether oxygens (including phenoxy) is 2. The van der Waals surface area contributed by atoms with Crippen molar-refractivity contribution >= 4 is 0 Å². The average molecular weight is 454 g/mol. The van der Waals surface area contributed by atoms with Gasteiger partial charge >= 0.3 is 0 Å².